The molecule has 88 valence electrons. The minimum atomic E-state index is -0.0304. The molecule has 0 aromatic carbocycles. The van der Waals surface area contributed by atoms with Crippen LogP contribution in [0.25, 0.3) is 0 Å². The van der Waals surface area contributed by atoms with E-state index >= 15 is 0 Å². The van der Waals surface area contributed by atoms with Gasteiger partial charge in [-0.3, -0.25) is 9.89 Å². The molecule has 2 rings (SSSR count). The summed E-state index contributed by atoms with van der Waals surface area (Å²) in [6, 6.07) is 0. The monoisotopic (exact) mass is 222 g/mol. The number of aromatic nitrogens is 2. The topological polar surface area (TPSA) is 69.8 Å². The first-order valence-electron chi connectivity index (χ1n) is 5.76. The lowest BCUT2D eigenvalue weighted by atomic mass is 10.1. The number of hydrogen-bond acceptors (Lipinski definition) is 3. The Labute approximate surface area is 95.0 Å². The van der Waals surface area contributed by atoms with Crippen molar-refractivity contribution in [1.82, 2.24) is 20.8 Å². The number of nitrogens with one attached hydrogen (secondary N) is 3. The third kappa shape index (κ3) is 2.61. The number of aryl methyl sites for hydroxylation is 1. The Morgan fingerprint density at radius 2 is 2.56 bits per heavy atom. The van der Waals surface area contributed by atoms with Crippen LogP contribution in [0.5, 0.6) is 0 Å². The third-order valence-electron chi connectivity index (χ3n) is 3.08. The van der Waals surface area contributed by atoms with E-state index in [4.69, 9.17) is 0 Å². The van der Waals surface area contributed by atoms with Gasteiger partial charge in [-0.1, -0.05) is 0 Å². The van der Waals surface area contributed by atoms with Gasteiger partial charge in [0.1, 0.15) is 0 Å². The molecule has 3 N–H and O–H groups in total. The highest BCUT2D eigenvalue weighted by atomic mass is 16.1. The number of carbonyl (C=O) groups is 1. The predicted molar refractivity (Wildman–Crippen MR) is 61.3 cm³/mol. The molecular formula is C11H18N4O. The van der Waals surface area contributed by atoms with E-state index in [1.165, 1.54) is 6.42 Å². The Hall–Kier alpha value is -1.36. The van der Waals surface area contributed by atoms with Crippen LogP contribution >= 0.6 is 0 Å². The molecule has 1 aliphatic heterocycles. The lowest BCUT2D eigenvalue weighted by molar-refractivity contribution is 0.0951. The van der Waals surface area contributed by atoms with E-state index in [-0.39, 0.29) is 5.91 Å². The SMILES string of the molecule is Cc1[nH]ncc1C(=O)NCCC1CCNC1. The number of amides is 1. The number of carbonyl (C=O) groups excluding carboxylic acids is 1. The van der Waals surface area contributed by atoms with E-state index in [9.17, 15) is 4.79 Å². The molecular weight excluding hydrogens is 204 g/mol. The largest absolute Gasteiger partial charge is 0.352 e. The molecule has 1 saturated heterocycles. The van der Waals surface area contributed by atoms with Gasteiger partial charge in [0.05, 0.1) is 11.8 Å². The van der Waals surface area contributed by atoms with Crippen LogP contribution in [0.2, 0.25) is 0 Å². The Kier molecular flexibility index (Phi) is 3.56. The highest BCUT2D eigenvalue weighted by Gasteiger charge is 2.15. The zero-order chi connectivity index (χ0) is 11.4. The van der Waals surface area contributed by atoms with Crippen molar-refractivity contribution < 1.29 is 4.79 Å². The minimum absolute atomic E-state index is 0.0304. The average molecular weight is 222 g/mol. The molecule has 5 heteroatoms. The predicted octanol–water partition coefficient (Wildman–Crippen LogP) is 0.448. The first-order chi connectivity index (χ1) is 7.77. The van der Waals surface area contributed by atoms with E-state index in [0.717, 1.165) is 31.7 Å². The van der Waals surface area contributed by atoms with Crippen LogP contribution in [0, 0.1) is 12.8 Å². The number of nitrogens with zero attached hydrogens (tertiary/aromatic N) is 1. The second-order valence-electron chi connectivity index (χ2n) is 4.31. The van der Waals surface area contributed by atoms with Crippen molar-refractivity contribution in [3.8, 4) is 0 Å². The molecule has 16 heavy (non-hydrogen) atoms. The van der Waals surface area contributed by atoms with Gasteiger partial charge in [-0.25, -0.2) is 0 Å². The van der Waals surface area contributed by atoms with Crippen LogP contribution in [0.1, 0.15) is 28.9 Å². The highest BCUT2D eigenvalue weighted by Crippen LogP contribution is 2.11. The minimum Gasteiger partial charge on any atom is -0.352 e. The number of H-pyrrole nitrogens is 1. The standard InChI is InChI=1S/C11H18N4O/c1-8-10(7-14-15-8)11(16)13-5-3-9-2-4-12-6-9/h7,9,12H,2-6H2,1H3,(H,13,16)(H,14,15). The van der Waals surface area contributed by atoms with Crippen LogP contribution in [0.3, 0.4) is 0 Å². The summed E-state index contributed by atoms with van der Waals surface area (Å²) in [5.74, 6) is 0.683. The molecule has 2 heterocycles. The maximum Gasteiger partial charge on any atom is 0.254 e. The molecule has 0 saturated carbocycles. The van der Waals surface area contributed by atoms with E-state index < -0.39 is 0 Å². The van der Waals surface area contributed by atoms with E-state index in [0.29, 0.717) is 11.5 Å². The van der Waals surface area contributed by atoms with Gasteiger partial charge < -0.3 is 10.6 Å². The Morgan fingerprint density at radius 3 is 3.19 bits per heavy atom. The molecule has 1 aromatic heterocycles. The molecule has 1 amide bonds. The van der Waals surface area contributed by atoms with Gasteiger partial charge in [-0.15, -0.1) is 0 Å². The van der Waals surface area contributed by atoms with Gasteiger partial charge >= 0.3 is 0 Å². The van der Waals surface area contributed by atoms with Crippen LogP contribution in [0.15, 0.2) is 6.20 Å². The van der Waals surface area contributed by atoms with Crippen molar-refractivity contribution in [1.29, 1.82) is 0 Å². The molecule has 1 fully saturated rings. The quantitative estimate of drug-likeness (QED) is 0.692. The van der Waals surface area contributed by atoms with E-state index in [1.54, 1.807) is 6.20 Å². The fourth-order valence-electron chi connectivity index (χ4n) is 2.03. The van der Waals surface area contributed by atoms with Crippen molar-refractivity contribution in [3.63, 3.8) is 0 Å². The van der Waals surface area contributed by atoms with Gasteiger partial charge in [0, 0.05) is 12.2 Å². The lowest BCUT2D eigenvalue weighted by Gasteiger charge is -2.08. The third-order valence-corrected chi connectivity index (χ3v) is 3.08. The zero-order valence-electron chi connectivity index (χ0n) is 9.55. The fraction of sp³-hybridized carbons (Fsp3) is 0.636. The molecule has 1 aromatic rings. The summed E-state index contributed by atoms with van der Waals surface area (Å²) in [5, 5.41) is 12.8. The summed E-state index contributed by atoms with van der Waals surface area (Å²) < 4.78 is 0. The summed E-state index contributed by atoms with van der Waals surface area (Å²) in [5.41, 5.74) is 1.46. The summed E-state index contributed by atoms with van der Waals surface area (Å²) >= 11 is 0. The molecule has 0 aliphatic carbocycles. The Bertz CT molecular complexity index is 355. The van der Waals surface area contributed by atoms with Crippen LogP contribution in [-0.2, 0) is 0 Å². The smallest absolute Gasteiger partial charge is 0.254 e. The molecule has 1 aliphatic rings. The van der Waals surface area contributed by atoms with Gasteiger partial charge in [-0.2, -0.15) is 5.10 Å². The van der Waals surface area contributed by atoms with Crippen molar-refractivity contribution in [2.75, 3.05) is 19.6 Å². The molecule has 1 atom stereocenters. The number of rotatable bonds is 4. The van der Waals surface area contributed by atoms with Gasteiger partial charge in [0.15, 0.2) is 0 Å². The maximum absolute atomic E-state index is 11.7. The normalized spacial score (nSPS) is 19.9. The highest BCUT2D eigenvalue weighted by molar-refractivity contribution is 5.94. The molecule has 0 bridgehead atoms. The van der Waals surface area contributed by atoms with Crippen LogP contribution in [0.4, 0.5) is 0 Å². The lowest BCUT2D eigenvalue weighted by Crippen LogP contribution is -2.26. The first-order valence-corrected chi connectivity index (χ1v) is 5.76. The van der Waals surface area contributed by atoms with Crippen LogP contribution in [-0.4, -0.2) is 35.7 Å². The van der Waals surface area contributed by atoms with Gasteiger partial charge in [0.2, 0.25) is 0 Å². The van der Waals surface area contributed by atoms with Crippen molar-refractivity contribution in [2.24, 2.45) is 5.92 Å². The summed E-state index contributed by atoms with van der Waals surface area (Å²) in [4.78, 5) is 11.7. The second-order valence-corrected chi connectivity index (χ2v) is 4.31. The van der Waals surface area contributed by atoms with Gasteiger partial charge in [-0.05, 0) is 38.8 Å². The first kappa shape index (κ1) is 11.1. The van der Waals surface area contributed by atoms with E-state index in [1.807, 2.05) is 6.92 Å². The summed E-state index contributed by atoms with van der Waals surface area (Å²) in [6.07, 6.45) is 3.85. The zero-order valence-corrected chi connectivity index (χ0v) is 9.55. The maximum atomic E-state index is 11.7. The molecule has 5 nitrogen and oxygen atoms in total. The molecule has 0 radical (unpaired) electrons. The number of aromatic amines is 1. The van der Waals surface area contributed by atoms with Crippen molar-refractivity contribution in [2.45, 2.75) is 19.8 Å². The second kappa shape index (κ2) is 5.12. The molecule has 1 unspecified atom stereocenters. The van der Waals surface area contributed by atoms with Gasteiger partial charge in [0.25, 0.3) is 5.91 Å². The summed E-state index contributed by atoms with van der Waals surface area (Å²) in [6.45, 7) is 4.79. The summed E-state index contributed by atoms with van der Waals surface area (Å²) in [7, 11) is 0. The van der Waals surface area contributed by atoms with Crippen LogP contribution < -0.4 is 10.6 Å². The average Bonchev–Trinajstić information content (AvgIpc) is 2.88. The van der Waals surface area contributed by atoms with E-state index in [2.05, 4.69) is 20.8 Å². The Balaban J connectivity index is 1.73. The fourth-order valence-corrected chi connectivity index (χ4v) is 2.03. The number of hydrogen-bond donors (Lipinski definition) is 3. The Morgan fingerprint density at radius 1 is 1.69 bits per heavy atom. The van der Waals surface area contributed by atoms with Crippen molar-refractivity contribution >= 4 is 5.91 Å². The molecule has 0 spiro atoms. The van der Waals surface area contributed by atoms with Crippen molar-refractivity contribution in [3.05, 3.63) is 17.5 Å².